The average molecular weight is 195 g/mol. The van der Waals surface area contributed by atoms with Gasteiger partial charge in [0.2, 0.25) is 0 Å². The van der Waals surface area contributed by atoms with Gasteiger partial charge >= 0.3 is 0 Å². The van der Waals surface area contributed by atoms with Crippen LogP contribution in [0.4, 0.5) is 11.5 Å². The highest BCUT2D eigenvalue weighted by atomic mass is 16.6. The molecule has 0 spiro atoms. The fourth-order valence-corrected chi connectivity index (χ4v) is 0.890. The van der Waals surface area contributed by atoms with Gasteiger partial charge in [-0.05, 0) is 0 Å². The number of nitrogens with two attached hydrogens (primary N) is 2. The van der Waals surface area contributed by atoms with Crippen molar-refractivity contribution in [3.05, 3.63) is 27.9 Å². The molecule has 74 valence electrons. The number of nitro groups is 1. The van der Waals surface area contributed by atoms with E-state index in [9.17, 15) is 10.1 Å². The lowest BCUT2D eigenvalue weighted by Crippen LogP contribution is -2.16. The zero-order valence-corrected chi connectivity index (χ0v) is 7.47. The summed E-state index contributed by atoms with van der Waals surface area (Å²) in [4.78, 5) is 17.2. The molecule has 1 heterocycles. The molecule has 0 aliphatic heterocycles. The van der Waals surface area contributed by atoms with E-state index in [0.29, 0.717) is 0 Å². The van der Waals surface area contributed by atoms with E-state index in [1.807, 2.05) is 0 Å². The number of aliphatic imine (C=N–C) groups is 1. The summed E-state index contributed by atoms with van der Waals surface area (Å²) >= 11 is 0. The van der Waals surface area contributed by atoms with Gasteiger partial charge in [0.1, 0.15) is 17.9 Å². The van der Waals surface area contributed by atoms with Gasteiger partial charge in [-0.15, -0.1) is 0 Å². The first-order valence-electron chi connectivity index (χ1n) is 3.68. The van der Waals surface area contributed by atoms with Gasteiger partial charge < -0.3 is 11.5 Å². The van der Waals surface area contributed by atoms with Gasteiger partial charge in [0.15, 0.2) is 0 Å². The minimum absolute atomic E-state index is 0.124. The van der Waals surface area contributed by atoms with Crippen molar-refractivity contribution in [1.82, 2.24) is 4.98 Å². The van der Waals surface area contributed by atoms with Crippen LogP contribution in [0.15, 0.2) is 17.3 Å². The predicted octanol–water partition coefficient (Wildman–Crippen LogP) is -0.0929. The maximum absolute atomic E-state index is 10.4. The van der Waals surface area contributed by atoms with E-state index >= 15 is 0 Å². The van der Waals surface area contributed by atoms with E-state index in [1.165, 1.54) is 13.1 Å². The molecule has 0 aliphatic rings. The average Bonchev–Trinajstić information content (AvgIpc) is 2.17. The Morgan fingerprint density at radius 1 is 1.71 bits per heavy atom. The molecule has 7 nitrogen and oxygen atoms in total. The Morgan fingerprint density at radius 3 is 2.86 bits per heavy atom. The van der Waals surface area contributed by atoms with Crippen molar-refractivity contribution in [3.63, 3.8) is 0 Å². The third kappa shape index (κ3) is 1.76. The smallest absolute Gasteiger partial charge is 0.288 e. The monoisotopic (exact) mass is 195 g/mol. The van der Waals surface area contributed by atoms with Crippen molar-refractivity contribution in [2.75, 3.05) is 12.8 Å². The minimum atomic E-state index is -0.571. The standard InChI is InChI=1S/C7H9N5O2/c1-10-6(8)5-2-4(12(13)14)3-11-7(5)9/h2-3H,1H3,(H2,8,10)(H2,9,11). The van der Waals surface area contributed by atoms with E-state index in [2.05, 4.69) is 9.98 Å². The molecule has 0 amide bonds. The summed E-state index contributed by atoms with van der Waals surface area (Å²) < 4.78 is 0. The number of nitrogen functional groups attached to an aromatic ring is 1. The summed E-state index contributed by atoms with van der Waals surface area (Å²) in [5.74, 6) is 0.248. The number of nitrogens with zero attached hydrogens (tertiary/aromatic N) is 3. The Labute approximate surface area is 79.6 Å². The first kappa shape index (κ1) is 9.90. The number of aromatic nitrogens is 1. The van der Waals surface area contributed by atoms with Crippen LogP contribution in [0.2, 0.25) is 0 Å². The van der Waals surface area contributed by atoms with Crippen LogP contribution in [0.25, 0.3) is 0 Å². The second-order valence-electron chi connectivity index (χ2n) is 2.49. The second kappa shape index (κ2) is 3.69. The van der Waals surface area contributed by atoms with Crippen molar-refractivity contribution >= 4 is 17.3 Å². The molecule has 0 fully saturated rings. The van der Waals surface area contributed by atoms with Crippen LogP contribution < -0.4 is 11.5 Å². The summed E-state index contributed by atoms with van der Waals surface area (Å²) in [6.07, 6.45) is 1.07. The molecule has 0 unspecified atom stereocenters. The maximum atomic E-state index is 10.4. The molecular formula is C7H9N5O2. The summed E-state index contributed by atoms with van der Waals surface area (Å²) in [5, 5.41) is 10.4. The topological polar surface area (TPSA) is 120 Å². The van der Waals surface area contributed by atoms with Crippen LogP contribution in [0.5, 0.6) is 0 Å². The van der Waals surface area contributed by atoms with Gasteiger partial charge in [-0.3, -0.25) is 15.1 Å². The maximum Gasteiger partial charge on any atom is 0.288 e. The predicted molar refractivity (Wildman–Crippen MR) is 52.0 cm³/mol. The molecule has 4 N–H and O–H groups in total. The second-order valence-corrected chi connectivity index (χ2v) is 2.49. The van der Waals surface area contributed by atoms with Gasteiger partial charge in [0, 0.05) is 13.1 Å². The third-order valence-electron chi connectivity index (χ3n) is 1.63. The molecule has 14 heavy (non-hydrogen) atoms. The van der Waals surface area contributed by atoms with Gasteiger partial charge in [-0.25, -0.2) is 4.98 Å². The third-order valence-corrected chi connectivity index (χ3v) is 1.63. The number of hydrogen-bond acceptors (Lipinski definition) is 5. The number of hydrogen-bond donors (Lipinski definition) is 2. The van der Waals surface area contributed by atoms with Gasteiger partial charge in [0.05, 0.1) is 10.5 Å². The van der Waals surface area contributed by atoms with E-state index in [0.717, 1.165) is 6.20 Å². The number of amidine groups is 1. The normalized spacial score (nSPS) is 11.4. The molecular weight excluding hydrogens is 186 g/mol. The van der Waals surface area contributed by atoms with Crippen molar-refractivity contribution in [2.45, 2.75) is 0 Å². The quantitative estimate of drug-likeness (QED) is 0.295. The highest BCUT2D eigenvalue weighted by Gasteiger charge is 2.12. The molecule has 0 aromatic carbocycles. The van der Waals surface area contributed by atoms with E-state index < -0.39 is 4.92 Å². The SMILES string of the molecule is CN=C(N)c1cc([N+](=O)[O-])cnc1N. The minimum Gasteiger partial charge on any atom is -0.383 e. The van der Waals surface area contributed by atoms with Crippen LogP contribution in [-0.4, -0.2) is 22.8 Å². The van der Waals surface area contributed by atoms with Crippen molar-refractivity contribution in [2.24, 2.45) is 10.7 Å². The summed E-state index contributed by atoms with van der Waals surface area (Å²) in [7, 11) is 1.47. The van der Waals surface area contributed by atoms with E-state index in [1.54, 1.807) is 0 Å². The molecule has 7 heteroatoms. The van der Waals surface area contributed by atoms with Crippen molar-refractivity contribution in [3.8, 4) is 0 Å². The van der Waals surface area contributed by atoms with Gasteiger partial charge in [-0.2, -0.15) is 0 Å². The summed E-state index contributed by atoms with van der Waals surface area (Å²) in [6, 6.07) is 1.24. The zero-order valence-electron chi connectivity index (χ0n) is 7.47. The van der Waals surface area contributed by atoms with Gasteiger partial charge in [0.25, 0.3) is 5.69 Å². The number of anilines is 1. The van der Waals surface area contributed by atoms with Gasteiger partial charge in [-0.1, -0.05) is 0 Å². The highest BCUT2D eigenvalue weighted by Crippen LogP contribution is 2.16. The lowest BCUT2D eigenvalue weighted by atomic mass is 10.2. The Morgan fingerprint density at radius 2 is 2.36 bits per heavy atom. The van der Waals surface area contributed by atoms with Crippen LogP contribution in [0, 0.1) is 10.1 Å². The molecule has 0 saturated heterocycles. The molecule has 0 radical (unpaired) electrons. The molecule has 0 aliphatic carbocycles. The lowest BCUT2D eigenvalue weighted by molar-refractivity contribution is -0.385. The Balaban J connectivity index is 3.28. The molecule has 0 atom stereocenters. The van der Waals surface area contributed by atoms with Crippen molar-refractivity contribution < 1.29 is 4.92 Å². The van der Waals surface area contributed by atoms with E-state index in [4.69, 9.17) is 11.5 Å². The molecule has 1 aromatic heterocycles. The van der Waals surface area contributed by atoms with Crippen LogP contribution in [0.1, 0.15) is 5.56 Å². The molecule has 1 aromatic rings. The Bertz CT molecular complexity index is 401. The number of rotatable bonds is 2. The Hall–Kier alpha value is -2.18. The first-order valence-corrected chi connectivity index (χ1v) is 3.68. The summed E-state index contributed by atoms with van der Waals surface area (Å²) in [6.45, 7) is 0. The fourth-order valence-electron chi connectivity index (χ4n) is 0.890. The van der Waals surface area contributed by atoms with Crippen LogP contribution in [-0.2, 0) is 0 Å². The molecule has 0 saturated carbocycles. The van der Waals surface area contributed by atoms with Crippen molar-refractivity contribution in [1.29, 1.82) is 0 Å². The lowest BCUT2D eigenvalue weighted by Gasteiger charge is -2.02. The number of pyridine rings is 1. The highest BCUT2D eigenvalue weighted by molar-refractivity contribution is 6.01. The molecule has 0 bridgehead atoms. The summed E-state index contributed by atoms with van der Waals surface area (Å²) in [5.41, 5.74) is 11.1. The zero-order chi connectivity index (χ0) is 10.7. The van der Waals surface area contributed by atoms with Crippen LogP contribution in [0.3, 0.4) is 0 Å². The fraction of sp³-hybridized carbons (Fsp3) is 0.143. The Kier molecular flexibility index (Phi) is 2.61. The first-order chi connectivity index (χ1) is 6.56. The van der Waals surface area contributed by atoms with Crippen LogP contribution >= 0.6 is 0 Å². The largest absolute Gasteiger partial charge is 0.383 e. The molecule has 1 rings (SSSR count). The van der Waals surface area contributed by atoms with E-state index in [-0.39, 0.29) is 22.9 Å².